The minimum atomic E-state index is -0.514. The van der Waals surface area contributed by atoms with Crippen LogP contribution in [0.15, 0.2) is 53.3 Å². The lowest BCUT2D eigenvalue weighted by Crippen LogP contribution is -2.35. The van der Waals surface area contributed by atoms with Crippen LogP contribution in [0.5, 0.6) is 5.75 Å². The van der Waals surface area contributed by atoms with Gasteiger partial charge in [-0.3, -0.25) is 19.4 Å². The molecule has 11 nitrogen and oxygen atoms in total. The Kier molecular flexibility index (Phi) is 9.09. The molecule has 178 valence electrons. The molecule has 1 aromatic carbocycles. The first-order valence-electron chi connectivity index (χ1n) is 10.8. The fourth-order valence-electron chi connectivity index (χ4n) is 2.93. The van der Waals surface area contributed by atoms with E-state index in [2.05, 4.69) is 25.8 Å². The zero-order valence-corrected chi connectivity index (χ0v) is 18.5. The fraction of sp³-hybridized carbons (Fsp3) is 0.304. The molecule has 0 fully saturated rings. The van der Waals surface area contributed by atoms with E-state index in [1.54, 1.807) is 48.8 Å². The second-order valence-corrected chi connectivity index (χ2v) is 7.29. The molecule has 2 heterocycles. The molecule has 0 aliphatic carbocycles. The summed E-state index contributed by atoms with van der Waals surface area (Å²) in [5.74, 6) is 0.678. The van der Waals surface area contributed by atoms with Crippen molar-refractivity contribution >= 4 is 17.7 Å². The van der Waals surface area contributed by atoms with Gasteiger partial charge in [0.05, 0.1) is 13.0 Å². The van der Waals surface area contributed by atoms with Crippen LogP contribution in [-0.4, -0.2) is 52.5 Å². The molecule has 0 bridgehead atoms. The van der Waals surface area contributed by atoms with E-state index in [9.17, 15) is 14.4 Å². The van der Waals surface area contributed by atoms with E-state index < -0.39 is 5.91 Å². The van der Waals surface area contributed by atoms with Gasteiger partial charge >= 0.3 is 0 Å². The summed E-state index contributed by atoms with van der Waals surface area (Å²) in [6.45, 7) is 0.830. The normalized spacial score (nSPS) is 10.5. The highest BCUT2D eigenvalue weighted by molar-refractivity contribution is 5.92. The molecule has 0 radical (unpaired) electrons. The number of pyridine rings is 1. The molecule has 4 N–H and O–H groups in total. The molecular weight excluding hydrogens is 440 g/mol. The Labute approximate surface area is 196 Å². The molecule has 0 atom stereocenters. The Morgan fingerprint density at radius 1 is 0.941 bits per heavy atom. The number of nitrogens with one attached hydrogen (secondary N) is 2. The topological polar surface area (TPSA) is 162 Å². The molecule has 3 aromatic rings. The molecule has 0 aliphatic heterocycles. The summed E-state index contributed by atoms with van der Waals surface area (Å²) in [5.41, 5.74) is 6.38. The predicted octanol–water partition coefficient (Wildman–Crippen LogP) is 1.25. The molecule has 0 unspecified atom stereocenters. The Balaban J connectivity index is 1.22. The SMILES string of the molecule is NC(=O)c1ccc(OCCC(=O)NCCNC(=O)CCCc2nc(-c3ccncc3)no2)cc1. The quantitative estimate of drug-likeness (QED) is 0.317. The van der Waals surface area contributed by atoms with Crippen molar-refractivity contribution in [2.24, 2.45) is 5.73 Å². The number of aromatic nitrogens is 3. The standard InChI is InChI=1S/C23H26N6O5/c24-22(32)16-4-6-18(7-5-16)33-15-10-20(31)27-14-13-26-19(30)2-1-3-21-28-23(29-34-21)17-8-11-25-12-9-17/h4-9,11-12H,1-3,10,13-15H2,(H2,24,32)(H,26,30)(H,27,31). The van der Waals surface area contributed by atoms with Crippen molar-refractivity contribution in [3.8, 4) is 17.1 Å². The van der Waals surface area contributed by atoms with Gasteiger partial charge in [0.2, 0.25) is 29.4 Å². The number of hydrogen-bond donors (Lipinski definition) is 3. The Morgan fingerprint density at radius 3 is 2.29 bits per heavy atom. The van der Waals surface area contributed by atoms with Gasteiger partial charge in [-0.2, -0.15) is 4.98 Å². The number of hydrogen-bond acceptors (Lipinski definition) is 8. The summed E-state index contributed by atoms with van der Waals surface area (Å²) in [7, 11) is 0. The molecule has 34 heavy (non-hydrogen) atoms. The number of benzene rings is 1. The van der Waals surface area contributed by atoms with Crippen molar-refractivity contribution in [3.05, 3.63) is 60.2 Å². The second kappa shape index (κ2) is 12.7. The van der Waals surface area contributed by atoms with E-state index in [0.717, 1.165) is 5.56 Å². The smallest absolute Gasteiger partial charge is 0.248 e. The number of nitrogens with two attached hydrogens (primary N) is 1. The van der Waals surface area contributed by atoms with Crippen LogP contribution >= 0.6 is 0 Å². The molecule has 3 amide bonds. The summed E-state index contributed by atoms with van der Waals surface area (Å²) < 4.78 is 10.7. The van der Waals surface area contributed by atoms with E-state index in [1.165, 1.54) is 0 Å². The predicted molar refractivity (Wildman–Crippen MR) is 122 cm³/mol. The minimum absolute atomic E-state index is 0.120. The van der Waals surface area contributed by atoms with Crippen LogP contribution < -0.4 is 21.1 Å². The maximum absolute atomic E-state index is 12.0. The maximum Gasteiger partial charge on any atom is 0.248 e. The van der Waals surface area contributed by atoms with Gasteiger partial charge in [-0.1, -0.05) is 5.16 Å². The van der Waals surface area contributed by atoms with Crippen LogP contribution in [0.1, 0.15) is 35.5 Å². The molecule has 3 rings (SSSR count). The molecule has 0 spiro atoms. The molecule has 0 saturated carbocycles. The first kappa shape index (κ1) is 24.4. The van der Waals surface area contributed by atoms with Crippen molar-refractivity contribution in [1.82, 2.24) is 25.8 Å². The summed E-state index contributed by atoms with van der Waals surface area (Å²) in [6, 6.07) is 9.93. The number of amides is 3. The third-order valence-corrected chi connectivity index (χ3v) is 4.71. The van der Waals surface area contributed by atoms with Crippen LogP contribution in [0.2, 0.25) is 0 Å². The van der Waals surface area contributed by atoms with E-state index >= 15 is 0 Å². The van der Waals surface area contributed by atoms with Crippen molar-refractivity contribution in [2.75, 3.05) is 19.7 Å². The highest BCUT2D eigenvalue weighted by Gasteiger charge is 2.10. The number of ether oxygens (including phenoxy) is 1. The zero-order chi connectivity index (χ0) is 24.2. The molecule has 11 heteroatoms. The lowest BCUT2D eigenvalue weighted by Gasteiger charge is -2.08. The first-order chi connectivity index (χ1) is 16.5. The number of aryl methyl sites for hydroxylation is 1. The number of rotatable bonds is 13. The van der Waals surface area contributed by atoms with Gasteiger partial charge in [0.25, 0.3) is 0 Å². The monoisotopic (exact) mass is 466 g/mol. The highest BCUT2D eigenvalue weighted by Crippen LogP contribution is 2.15. The second-order valence-electron chi connectivity index (χ2n) is 7.29. The van der Waals surface area contributed by atoms with Gasteiger partial charge in [-0.25, -0.2) is 0 Å². The Morgan fingerprint density at radius 2 is 1.62 bits per heavy atom. The average Bonchev–Trinajstić information content (AvgIpc) is 3.32. The zero-order valence-electron chi connectivity index (χ0n) is 18.5. The number of primary amides is 1. The first-order valence-corrected chi connectivity index (χ1v) is 10.8. The van der Waals surface area contributed by atoms with Gasteiger partial charge in [-0.15, -0.1) is 0 Å². The average molecular weight is 466 g/mol. The lowest BCUT2D eigenvalue weighted by molar-refractivity contribution is -0.123. The lowest BCUT2D eigenvalue weighted by atomic mass is 10.2. The van der Waals surface area contributed by atoms with Crippen LogP contribution in [0, 0.1) is 0 Å². The third kappa shape index (κ3) is 8.01. The minimum Gasteiger partial charge on any atom is -0.493 e. The van der Waals surface area contributed by atoms with Crippen LogP contribution in [0.25, 0.3) is 11.4 Å². The molecule has 0 aliphatic rings. The van der Waals surface area contributed by atoms with E-state index in [4.69, 9.17) is 15.0 Å². The van der Waals surface area contributed by atoms with Crippen molar-refractivity contribution in [2.45, 2.75) is 25.7 Å². The molecule has 2 aromatic heterocycles. The van der Waals surface area contributed by atoms with Crippen LogP contribution in [0.4, 0.5) is 0 Å². The van der Waals surface area contributed by atoms with Gasteiger partial charge in [-0.05, 0) is 42.8 Å². The van der Waals surface area contributed by atoms with Crippen molar-refractivity contribution in [1.29, 1.82) is 0 Å². The van der Waals surface area contributed by atoms with Gasteiger partial charge < -0.3 is 25.6 Å². The maximum atomic E-state index is 12.0. The van der Waals surface area contributed by atoms with Gasteiger partial charge in [0.15, 0.2) is 0 Å². The number of nitrogens with zero attached hydrogens (tertiary/aromatic N) is 3. The fourth-order valence-corrected chi connectivity index (χ4v) is 2.93. The summed E-state index contributed by atoms with van der Waals surface area (Å²) >= 11 is 0. The van der Waals surface area contributed by atoms with Crippen LogP contribution in [0.3, 0.4) is 0 Å². The van der Waals surface area contributed by atoms with Crippen molar-refractivity contribution < 1.29 is 23.6 Å². The van der Waals surface area contributed by atoms with Crippen molar-refractivity contribution in [3.63, 3.8) is 0 Å². The van der Waals surface area contributed by atoms with Gasteiger partial charge in [0.1, 0.15) is 5.75 Å². The van der Waals surface area contributed by atoms with Gasteiger partial charge in [0, 0.05) is 49.5 Å². The highest BCUT2D eigenvalue weighted by atomic mass is 16.5. The largest absolute Gasteiger partial charge is 0.493 e. The Bertz CT molecular complexity index is 1080. The summed E-state index contributed by atoms with van der Waals surface area (Å²) in [4.78, 5) is 43.1. The number of carbonyl (C=O) groups excluding carboxylic acids is 3. The number of carbonyl (C=O) groups is 3. The summed E-state index contributed by atoms with van der Waals surface area (Å²) in [5, 5.41) is 9.40. The summed E-state index contributed by atoms with van der Waals surface area (Å²) in [6.07, 6.45) is 4.83. The van der Waals surface area contributed by atoms with Crippen LogP contribution in [-0.2, 0) is 16.0 Å². The van der Waals surface area contributed by atoms with E-state index in [1.807, 2.05) is 0 Å². The van der Waals surface area contributed by atoms with E-state index in [-0.39, 0.29) is 24.8 Å². The van der Waals surface area contributed by atoms with E-state index in [0.29, 0.717) is 55.4 Å². The third-order valence-electron chi connectivity index (χ3n) is 4.71. The molecule has 0 saturated heterocycles. The molecular formula is C23H26N6O5. The Hall–Kier alpha value is -4.28.